The number of carbonyl (C=O) groups is 1. The average molecular weight is 377 g/mol. The number of hydrogen-bond acceptors (Lipinski definition) is 4. The zero-order chi connectivity index (χ0) is 16.8. The molecule has 0 aliphatic carbocycles. The number of para-hydroxylation sites is 1. The second-order valence-electron chi connectivity index (χ2n) is 4.63. The van der Waals surface area contributed by atoms with Gasteiger partial charge in [0.15, 0.2) is 17.3 Å². The van der Waals surface area contributed by atoms with Gasteiger partial charge >= 0.3 is 0 Å². The SMILES string of the molecule is COc1ccc(C(=O)/C=C/c2cccc(OC)c2OC)cc1Br. The number of carbonyl (C=O) groups excluding carboxylic acids is 1. The number of ether oxygens (including phenoxy) is 3. The van der Waals surface area contributed by atoms with E-state index in [0.717, 1.165) is 10.0 Å². The van der Waals surface area contributed by atoms with E-state index in [9.17, 15) is 4.79 Å². The molecule has 0 N–H and O–H groups in total. The second kappa shape index (κ2) is 7.83. The molecule has 0 saturated carbocycles. The molecule has 4 nitrogen and oxygen atoms in total. The number of benzene rings is 2. The highest BCUT2D eigenvalue weighted by Gasteiger charge is 2.09. The van der Waals surface area contributed by atoms with Gasteiger partial charge in [0.2, 0.25) is 0 Å². The van der Waals surface area contributed by atoms with Crippen molar-refractivity contribution in [3.63, 3.8) is 0 Å². The van der Waals surface area contributed by atoms with Crippen molar-refractivity contribution in [3.8, 4) is 17.2 Å². The lowest BCUT2D eigenvalue weighted by molar-refractivity contribution is 0.104. The molecular formula is C18H17BrO4. The smallest absolute Gasteiger partial charge is 0.185 e. The third kappa shape index (κ3) is 3.93. The van der Waals surface area contributed by atoms with E-state index < -0.39 is 0 Å². The molecule has 120 valence electrons. The Morgan fingerprint density at radius 3 is 2.35 bits per heavy atom. The number of allylic oxidation sites excluding steroid dienone is 1. The highest BCUT2D eigenvalue weighted by Crippen LogP contribution is 2.31. The van der Waals surface area contributed by atoms with Crippen molar-refractivity contribution in [3.05, 3.63) is 58.1 Å². The average Bonchev–Trinajstić information content (AvgIpc) is 2.58. The lowest BCUT2D eigenvalue weighted by atomic mass is 10.1. The van der Waals surface area contributed by atoms with E-state index in [1.165, 1.54) is 6.08 Å². The van der Waals surface area contributed by atoms with E-state index in [1.807, 2.05) is 12.1 Å². The van der Waals surface area contributed by atoms with Crippen molar-refractivity contribution in [2.75, 3.05) is 21.3 Å². The van der Waals surface area contributed by atoms with Crippen LogP contribution in [-0.2, 0) is 0 Å². The van der Waals surface area contributed by atoms with Crippen molar-refractivity contribution in [1.82, 2.24) is 0 Å². The highest BCUT2D eigenvalue weighted by molar-refractivity contribution is 9.10. The maximum Gasteiger partial charge on any atom is 0.185 e. The van der Waals surface area contributed by atoms with Gasteiger partial charge in [-0.1, -0.05) is 12.1 Å². The number of methoxy groups -OCH3 is 3. The molecule has 0 unspecified atom stereocenters. The summed E-state index contributed by atoms with van der Waals surface area (Å²) in [4.78, 5) is 12.3. The molecule has 0 aliphatic rings. The van der Waals surface area contributed by atoms with Gasteiger partial charge in [0, 0.05) is 11.1 Å². The molecular weight excluding hydrogens is 360 g/mol. The molecule has 5 heteroatoms. The summed E-state index contributed by atoms with van der Waals surface area (Å²) < 4.78 is 16.5. The lowest BCUT2D eigenvalue weighted by Crippen LogP contribution is -1.96. The first-order valence-corrected chi connectivity index (χ1v) is 7.67. The summed E-state index contributed by atoms with van der Waals surface area (Å²) in [5.41, 5.74) is 1.34. The van der Waals surface area contributed by atoms with Crippen LogP contribution in [0.5, 0.6) is 17.2 Å². The molecule has 2 aromatic carbocycles. The summed E-state index contributed by atoms with van der Waals surface area (Å²) in [5.74, 6) is 1.78. The van der Waals surface area contributed by atoms with E-state index in [-0.39, 0.29) is 5.78 Å². The summed E-state index contributed by atoms with van der Waals surface area (Å²) in [5, 5.41) is 0. The Morgan fingerprint density at radius 1 is 1.00 bits per heavy atom. The maximum absolute atomic E-state index is 12.3. The largest absolute Gasteiger partial charge is 0.496 e. The summed E-state index contributed by atoms with van der Waals surface area (Å²) >= 11 is 3.38. The predicted molar refractivity (Wildman–Crippen MR) is 93.6 cm³/mol. The van der Waals surface area contributed by atoms with E-state index in [1.54, 1.807) is 51.7 Å². The van der Waals surface area contributed by atoms with Crippen LogP contribution in [0.1, 0.15) is 15.9 Å². The molecule has 0 amide bonds. The molecule has 0 heterocycles. The van der Waals surface area contributed by atoms with Crippen LogP contribution >= 0.6 is 15.9 Å². The van der Waals surface area contributed by atoms with Gasteiger partial charge in [-0.05, 0) is 52.3 Å². The van der Waals surface area contributed by atoms with Gasteiger partial charge in [0.1, 0.15) is 5.75 Å². The van der Waals surface area contributed by atoms with Crippen LogP contribution in [0.15, 0.2) is 46.9 Å². The minimum absolute atomic E-state index is 0.113. The standard InChI is InChI=1S/C18H17BrO4/c1-21-16-10-8-13(11-14(16)19)15(20)9-7-12-5-4-6-17(22-2)18(12)23-3/h4-11H,1-3H3/b9-7+. The van der Waals surface area contributed by atoms with Gasteiger partial charge in [0.05, 0.1) is 25.8 Å². The molecule has 0 radical (unpaired) electrons. The highest BCUT2D eigenvalue weighted by atomic mass is 79.9. The molecule has 0 aliphatic heterocycles. The number of halogens is 1. The molecule has 0 atom stereocenters. The van der Waals surface area contributed by atoms with Gasteiger partial charge in [-0.25, -0.2) is 0 Å². The minimum Gasteiger partial charge on any atom is -0.496 e. The molecule has 0 fully saturated rings. The van der Waals surface area contributed by atoms with Gasteiger partial charge in [-0.15, -0.1) is 0 Å². The van der Waals surface area contributed by atoms with Crippen LogP contribution in [-0.4, -0.2) is 27.1 Å². The monoisotopic (exact) mass is 376 g/mol. The Balaban J connectivity index is 2.26. The van der Waals surface area contributed by atoms with Crippen molar-refractivity contribution >= 4 is 27.8 Å². The third-order valence-electron chi connectivity index (χ3n) is 3.28. The topological polar surface area (TPSA) is 44.8 Å². The zero-order valence-corrected chi connectivity index (χ0v) is 14.7. The van der Waals surface area contributed by atoms with E-state index in [4.69, 9.17) is 14.2 Å². The van der Waals surface area contributed by atoms with Gasteiger partial charge in [-0.3, -0.25) is 4.79 Å². The fourth-order valence-electron chi connectivity index (χ4n) is 2.12. The zero-order valence-electron chi connectivity index (χ0n) is 13.1. The quantitative estimate of drug-likeness (QED) is 0.554. The Labute approximate surface area is 143 Å². The third-order valence-corrected chi connectivity index (χ3v) is 3.90. The first-order chi connectivity index (χ1) is 11.1. The van der Waals surface area contributed by atoms with Crippen LogP contribution in [0.2, 0.25) is 0 Å². The first-order valence-electron chi connectivity index (χ1n) is 6.87. The molecule has 0 saturated heterocycles. The van der Waals surface area contributed by atoms with Crippen LogP contribution in [0, 0.1) is 0 Å². The van der Waals surface area contributed by atoms with Crippen LogP contribution in [0.3, 0.4) is 0 Å². The fraction of sp³-hybridized carbons (Fsp3) is 0.167. The van der Waals surface area contributed by atoms with Gasteiger partial charge in [-0.2, -0.15) is 0 Å². The van der Waals surface area contributed by atoms with Crippen LogP contribution in [0.4, 0.5) is 0 Å². The van der Waals surface area contributed by atoms with E-state index in [0.29, 0.717) is 22.8 Å². The molecule has 2 rings (SSSR count). The van der Waals surface area contributed by atoms with Crippen molar-refractivity contribution in [1.29, 1.82) is 0 Å². The Kier molecular flexibility index (Phi) is 5.82. The number of hydrogen-bond donors (Lipinski definition) is 0. The molecule has 0 bridgehead atoms. The summed E-state index contributed by atoms with van der Waals surface area (Å²) in [6, 6.07) is 10.7. The van der Waals surface area contributed by atoms with Crippen molar-refractivity contribution in [2.45, 2.75) is 0 Å². The Morgan fingerprint density at radius 2 is 1.74 bits per heavy atom. The summed E-state index contributed by atoms with van der Waals surface area (Å²) in [6.07, 6.45) is 3.22. The van der Waals surface area contributed by atoms with E-state index >= 15 is 0 Å². The van der Waals surface area contributed by atoms with Crippen LogP contribution in [0.25, 0.3) is 6.08 Å². The first kappa shape index (κ1) is 17.1. The number of rotatable bonds is 6. The molecule has 23 heavy (non-hydrogen) atoms. The van der Waals surface area contributed by atoms with Crippen molar-refractivity contribution < 1.29 is 19.0 Å². The minimum atomic E-state index is -0.113. The second-order valence-corrected chi connectivity index (χ2v) is 5.48. The number of ketones is 1. The fourth-order valence-corrected chi connectivity index (χ4v) is 2.67. The van der Waals surface area contributed by atoms with Crippen molar-refractivity contribution in [2.24, 2.45) is 0 Å². The lowest BCUT2D eigenvalue weighted by Gasteiger charge is -2.09. The maximum atomic E-state index is 12.3. The molecule has 2 aromatic rings. The van der Waals surface area contributed by atoms with Gasteiger partial charge < -0.3 is 14.2 Å². The summed E-state index contributed by atoms with van der Waals surface area (Å²) in [6.45, 7) is 0. The van der Waals surface area contributed by atoms with Crippen LogP contribution < -0.4 is 14.2 Å². The summed E-state index contributed by atoms with van der Waals surface area (Å²) in [7, 11) is 4.72. The Hall–Kier alpha value is -2.27. The molecule has 0 spiro atoms. The normalized spacial score (nSPS) is 10.6. The van der Waals surface area contributed by atoms with Gasteiger partial charge in [0.25, 0.3) is 0 Å². The molecule has 0 aromatic heterocycles. The predicted octanol–water partition coefficient (Wildman–Crippen LogP) is 4.37. The van der Waals surface area contributed by atoms with E-state index in [2.05, 4.69) is 15.9 Å². The Bertz CT molecular complexity index is 738.